The van der Waals surface area contributed by atoms with E-state index in [1.807, 2.05) is 19.1 Å². The average molecular weight is 308 g/mol. The van der Waals surface area contributed by atoms with Gasteiger partial charge in [0.15, 0.2) is 5.65 Å². The van der Waals surface area contributed by atoms with Crippen LogP contribution in [-0.2, 0) is 0 Å². The highest BCUT2D eigenvalue weighted by Gasteiger charge is 2.28. The van der Waals surface area contributed by atoms with Crippen molar-refractivity contribution in [3.8, 4) is 5.88 Å². The van der Waals surface area contributed by atoms with Crippen molar-refractivity contribution >= 4 is 22.8 Å². The normalized spacial score (nSPS) is 19.0. The third kappa shape index (κ3) is 2.61. The molecule has 2 aromatic rings. The van der Waals surface area contributed by atoms with Crippen molar-refractivity contribution < 1.29 is 4.74 Å². The molecule has 0 saturated heterocycles. The minimum Gasteiger partial charge on any atom is -0.481 e. The summed E-state index contributed by atoms with van der Waals surface area (Å²) in [5.74, 6) is 2.22. The molecule has 2 aromatic heterocycles. The summed E-state index contributed by atoms with van der Waals surface area (Å²) in [6.07, 6.45) is 5.20. The number of pyridine rings is 1. The summed E-state index contributed by atoms with van der Waals surface area (Å²) in [6, 6.07) is 4.18. The summed E-state index contributed by atoms with van der Waals surface area (Å²) in [4.78, 5) is 9.30. The minimum atomic E-state index is -0.131. The Kier molecular flexibility index (Phi) is 4.07. The van der Waals surface area contributed by atoms with Gasteiger partial charge in [-0.25, -0.2) is 4.98 Å². The Hall–Kier alpha value is -1.29. The first kappa shape index (κ1) is 14.6. The molecule has 0 aliphatic heterocycles. The molecule has 4 nitrogen and oxygen atoms in total. The summed E-state index contributed by atoms with van der Waals surface area (Å²) in [5, 5.41) is -0.131. The third-order valence-corrected chi connectivity index (χ3v) is 4.79. The second-order valence-corrected chi connectivity index (χ2v) is 6.59. The molecule has 0 radical (unpaired) electrons. The van der Waals surface area contributed by atoms with Gasteiger partial charge in [0.1, 0.15) is 11.3 Å². The molecular weight excluding hydrogens is 286 g/mol. The molecule has 2 atom stereocenters. The van der Waals surface area contributed by atoms with Gasteiger partial charge in [-0.15, -0.1) is 11.6 Å². The molecule has 3 rings (SSSR count). The smallest absolute Gasteiger partial charge is 0.215 e. The molecule has 1 saturated carbocycles. The molecule has 0 bridgehead atoms. The lowest BCUT2D eigenvalue weighted by atomic mass is 9.99. The summed E-state index contributed by atoms with van der Waals surface area (Å²) in [5.41, 5.74) is 1.78. The van der Waals surface area contributed by atoms with Crippen LogP contribution in [0.4, 0.5) is 0 Å². The highest BCUT2D eigenvalue weighted by molar-refractivity contribution is 6.20. The molecule has 2 heterocycles. The van der Waals surface area contributed by atoms with Crippen molar-refractivity contribution in [2.24, 2.45) is 5.92 Å². The molecule has 114 valence electrons. The molecule has 0 spiro atoms. The lowest BCUT2D eigenvalue weighted by Gasteiger charge is -2.23. The van der Waals surface area contributed by atoms with Crippen LogP contribution in [0.5, 0.6) is 5.88 Å². The first-order valence-electron chi connectivity index (χ1n) is 7.68. The van der Waals surface area contributed by atoms with Gasteiger partial charge in [-0.1, -0.05) is 12.8 Å². The number of aromatic nitrogens is 3. The number of rotatable bonds is 4. The Morgan fingerprint density at radius 2 is 1.95 bits per heavy atom. The van der Waals surface area contributed by atoms with Crippen LogP contribution in [0.1, 0.15) is 56.8 Å². The number of alkyl halides is 1. The van der Waals surface area contributed by atoms with Gasteiger partial charge in [-0.3, -0.25) is 0 Å². The van der Waals surface area contributed by atoms with E-state index >= 15 is 0 Å². The van der Waals surface area contributed by atoms with E-state index in [0.29, 0.717) is 17.8 Å². The molecule has 0 amide bonds. The van der Waals surface area contributed by atoms with Crippen LogP contribution < -0.4 is 4.74 Å². The molecule has 1 aliphatic carbocycles. The van der Waals surface area contributed by atoms with Crippen molar-refractivity contribution in [2.45, 2.75) is 50.9 Å². The summed E-state index contributed by atoms with van der Waals surface area (Å²) in [7, 11) is 1.64. The van der Waals surface area contributed by atoms with E-state index < -0.39 is 0 Å². The first-order valence-corrected chi connectivity index (χ1v) is 8.12. The van der Waals surface area contributed by atoms with Crippen molar-refractivity contribution in [1.82, 2.24) is 14.5 Å². The summed E-state index contributed by atoms with van der Waals surface area (Å²) in [6.45, 7) is 4.24. The Morgan fingerprint density at radius 1 is 1.24 bits per heavy atom. The van der Waals surface area contributed by atoms with Gasteiger partial charge in [0, 0.05) is 12.1 Å². The van der Waals surface area contributed by atoms with Crippen LogP contribution in [0.15, 0.2) is 12.1 Å². The molecular formula is C16H22ClN3O. The van der Waals surface area contributed by atoms with Gasteiger partial charge in [0.25, 0.3) is 0 Å². The SMILES string of the molecule is COc1ccc2nc(C(C)Cl)n(C(C)C3CCCC3)c2n1. The van der Waals surface area contributed by atoms with Gasteiger partial charge in [0.05, 0.1) is 12.5 Å². The van der Waals surface area contributed by atoms with Gasteiger partial charge >= 0.3 is 0 Å². The second-order valence-electron chi connectivity index (χ2n) is 5.94. The van der Waals surface area contributed by atoms with Gasteiger partial charge in [-0.2, -0.15) is 4.98 Å². The van der Waals surface area contributed by atoms with Crippen molar-refractivity contribution in [3.05, 3.63) is 18.0 Å². The lowest BCUT2D eigenvalue weighted by Crippen LogP contribution is -2.17. The number of halogens is 1. The van der Waals surface area contributed by atoms with E-state index in [4.69, 9.17) is 21.3 Å². The maximum atomic E-state index is 6.36. The number of fused-ring (bicyclic) bond motifs is 1. The van der Waals surface area contributed by atoms with Crippen molar-refractivity contribution in [1.29, 1.82) is 0 Å². The van der Waals surface area contributed by atoms with Crippen LogP contribution in [0.25, 0.3) is 11.2 Å². The molecule has 0 N–H and O–H groups in total. The fourth-order valence-electron chi connectivity index (χ4n) is 3.42. The minimum absolute atomic E-state index is 0.131. The van der Waals surface area contributed by atoms with Gasteiger partial charge in [0.2, 0.25) is 5.88 Å². The zero-order valence-corrected chi connectivity index (χ0v) is 13.6. The van der Waals surface area contributed by atoms with E-state index in [2.05, 4.69) is 16.5 Å². The van der Waals surface area contributed by atoms with Crippen LogP contribution in [0.2, 0.25) is 0 Å². The Balaban J connectivity index is 2.13. The number of methoxy groups -OCH3 is 1. The number of nitrogens with zero attached hydrogens (tertiary/aromatic N) is 3. The number of hydrogen-bond donors (Lipinski definition) is 0. The largest absolute Gasteiger partial charge is 0.481 e. The molecule has 21 heavy (non-hydrogen) atoms. The first-order chi connectivity index (χ1) is 10.1. The van der Waals surface area contributed by atoms with Crippen molar-refractivity contribution in [3.63, 3.8) is 0 Å². The molecule has 2 unspecified atom stereocenters. The van der Waals surface area contributed by atoms with Crippen molar-refractivity contribution in [2.75, 3.05) is 7.11 Å². The molecule has 5 heteroatoms. The second kappa shape index (κ2) is 5.84. The van der Waals surface area contributed by atoms with E-state index in [0.717, 1.165) is 17.0 Å². The summed E-state index contributed by atoms with van der Waals surface area (Å²) < 4.78 is 7.49. The molecule has 0 aromatic carbocycles. The zero-order chi connectivity index (χ0) is 15.0. The Bertz CT molecular complexity index is 632. The number of hydrogen-bond acceptors (Lipinski definition) is 3. The van der Waals surface area contributed by atoms with Gasteiger partial charge in [-0.05, 0) is 38.7 Å². The monoisotopic (exact) mass is 307 g/mol. The lowest BCUT2D eigenvalue weighted by molar-refractivity contribution is 0.356. The fraction of sp³-hybridized carbons (Fsp3) is 0.625. The van der Waals surface area contributed by atoms with E-state index in [9.17, 15) is 0 Å². The maximum Gasteiger partial charge on any atom is 0.215 e. The van der Waals surface area contributed by atoms with E-state index in [-0.39, 0.29) is 5.38 Å². The predicted octanol–water partition coefficient (Wildman–Crippen LogP) is 4.49. The van der Waals surface area contributed by atoms with Crippen LogP contribution in [-0.4, -0.2) is 21.6 Å². The maximum absolute atomic E-state index is 6.36. The number of ether oxygens (including phenoxy) is 1. The predicted molar refractivity (Wildman–Crippen MR) is 85.0 cm³/mol. The standard InChI is InChI=1S/C16H22ClN3O/c1-10(17)15-18-13-8-9-14(21-3)19-16(13)20(15)11(2)12-6-4-5-7-12/h8-12H,4-7H2,1-3H3. The quantitative estimate of drug-likeness (QED) is 0.781. The van der Waals surface area contributed by atoms with Crippen LogP contribution in [0, 0.1) is 5.92 Å². The molecule has 1 fully saturated rings. The Morgan fingerprint density at radius 3 is 2.57 bits per heavy atom. The Labute approximate surface area is 130 Å². The van der Waals surface area contributed by atoms with Gasteiger partial charge < -0.3 is 9.30 Å². The highest BCUT2D eigenvalue weighted by atomic mass is 35.5. The van der Waals surface area contributed by atoms with Crippen LogP contribution in [0.3, 0.4) is 0 Å². The highest BCUT2D eigenvalue weighted by Crippen LogP contribution is 2.38. The number of imidazole rings is 1. The van der Waals surface area contributed by atoms with E-state index in [1.54, 1.807) is 7.11 Å². The zero-order valence-electron chi connectivity index (χ0n) is 12.8. The third-order valence-electron chi connectivity index (χ3n) is 4.59. The topological polar surface area (TPSA) is 39.9 Å². The van der Waals surface area contributed by atoms with Crippen LogP contribution >= 0.6 is 11.6 Å². The summed E-state index contributed by atoms with van der Waals surface area (Å²) >= 11 is 6.36. The van der Waals surface area contributed by atoms with E-state index in [1.165, 1.54) is 25.7 Å². The molecule has 1 aliphatic rings. The average Bonchev–Trinajstić information content (AvgIpc) is 3.13. The fourth-order valence-corrected chi connectivity index (χ4v) is 3.57.